The molecule has 1 aromatic heterocycles. The highest BCUT2D eigenvalue weighted by molar-refractivity contribution is 5.93. The van der Waals surface area contributed by atoms with E-state index in [9.17, 15) is 14.0 Å². The van der Waals surface area contributed by atoms with Crippen LogP contribution in [0.5, 0.6) is 0 Å². The van der Waals surface area contributed by atoms with E-state index in [-0.39, 0.29) is 22.8 Å². The van der Waals surface area contributed by atoms with E-state index in [1.165, 1.54) is 18.3 Å². The van der Waals surface area contributed by atoms with Gasteiger partial charge in [0.1, 0.15) is 11.4 Å². The number of hydrogen-bond donors (Lipinski definition) is 1. The fourth-order valence-corrected chi connectivity index (χ4v) is 3.27. The average molecular weight is 328 g/mol. The molecule has 1 aliphatic heterocycles. The van der Waals surface area contributed by atoms with Gasteiger partial charge >= 0.3 is 0 Å². The lowest BCUT2D eigenvalue weighted by Gasteiger charge is -2.32. The van der Waals surface area contributed by atoms with Crippen LogP contribution in [0.4, 0.5) is 4.39 Å². The van der Waals surface area contributed by atoms with Crippen LogP contribution in [0.2, 0.25) is 0 Å². The SMILES string of the molecule is O=C(c1ccc[nH]c1=O)N1CCC[C@H](CCc2ccc(F)cc2)C1. The number of aromatic amines is 1. The Labute approximate surface area is 140 Å². The van der Waals surface area contributed by atoms with E-state index in [1.54, 1.807) is 17.0 Å². The molecule has 0 aliphatic carbocycles. The normalized spacial score (nSPS) is 17.7. The van der Waals surface area contributed by atoms with Gasteiger partial charge < -0.3 is 9.88 Å². The third kappa shape index (κ3) is 3.91. The highest BCUT2D eigenvalue weighted by Crippen LogP contribution is 2.22. The smallest absolute Gasteiger partial charge is 0.260 e. The van der Waals surface area contributed by atoms with Crippen molar-refractivity contribution < 1.29 is 9.18 Å². The van der Waals surface area contributed by atoms with E-state index in [0.717, 1.165) is 31.2 Å². The van der Waals surface area contributed by atoms with Gasteiger partial charge in [-0.2, -0.15) is 0 Å². The molecule has 2 aromatic rings. The summed E-state index contributed by atoms with van der Waals surface area (Å²) in [7, 11) is 0. The number of nitrogens with zero attached hydrogens (tertiary/aromatic N) is 1. The number of amides is 1. The van der Waals surface area contributed by atoms with Crippen molar-refractivity contribution in [3.05, 3.63) is 69.9 Å². The molecule has 3 rings (SSSR count). The van der Waals surface area contributed by atoms with Crippen LogP contribution in [0.3, 0.4) is 0 Å². The molecule has 24 heavy (non-hydrogen) atoms. The van der Waals surface area contributed by atoms with Crippen molar-refractivity contribution in [3.8, 4) is 0 Å². The first-order valence-electron chi connectivity index (χ1n) is 8.35. The van der Waals surface area contributed by atoms with Gasteiger partial charge in [0.05, 0.1) is 0 Å². The molecule has 1 aliphatic rings. The van der Waals surface area contributed by atoms with Crippen LogP contribution in [0.25, 0.3) is 0 Å². The van der Waals surface area contributed by atoms with Gasteiger partial charge in [0.15, 0.2) is 0 Å². The molecule has 5 heteroatoms. The van der Waals surface area contributed by atoms with Gasteiger partial charge in [-0.05, 0) is 61.4 Å². The Balaban J connectivity index is 1.60. The minimum atomic E-state index is -0.337. The van der Waals surface area contributed by atoms with E-state index < -0.39 is 0 Å². The number of piperidine rings is 1. The van der Waals surface area contributed by atoms with Crippen molar-refractivity contribution >= 4 is 5.91 Å². The number of pyridine rings is 1. The zero-order valence-electron chi connectivity index (χ0n) is 13.5. The molecule has 1 amide bonds. The number of rotatable bonds is 4. The van der Waals surface area contributed by atoms with Crippen LogP contribution in [0.15, 0.2) is 47.4 Å². The second-order valence-corrected chi connectivity index (χ2v) is 6.34. The predicted octanol–water partition coefficient (Wildman–Crippen LogP) is 3.00. The molecular formula is C19H21FN2O2. The molecule has 1 aromatic carbocycles. The molecule has 2 heterocycles. The van der Waals surface area contributed by atoms with Crippen molar-refractivity contribution in [2.75, 3.05) is 13.1 Å². The molecule has 4 nitrogen and oxygen atoms in total. The highest BCUT2D eigenvalue weighted by Gasteiger charge is 2.25. The minimum absolute atomic E-state index is 0.191. The first-order valence-corrected chi connectivity index (χ1v) is 8.35. The Morgan fingerprint density at radius 1 is 1.25 bits per heavy atom. The van der Waals surface area contributed by atoms with Gasteiger partial charge in [-0.1, -0.05) is 12.1 Å². The Bertz CT molecular complexity index is 754. The molecule has 0 saturated carbocycles. The number of H-pyrrole nitrogens is 1. The minimum Gasteiger partial charge on any atom is -0.338 e. The lowest BCUT2D eigenvalue weighted by Crippen LogP contribution is -2.41. The lowest BCUT2D eigenvalue weighted by atomic mass is 9.91. The molecule has 1 N–H and O–H groups in total. The highest BCUT2D eigenvalue weighted by atomic mass is 19.1. The maximum absolute atomic E-state index is 12.9. The summed E-state index contributed by atoms with van der Waals surface area (Å²) in [5.41, 5.74) is 0.979. The number of halogens is 1. The molecule has 1 atom stereocenters. The largest absolute Gasteiger partial charge is 0.338 e. The van der Waals surface area contributed by atoms with Crippen LogP contribution >= 0.6 is 0 Å². The van der Waals surface area contributed by atoms with Gasteiger partial charge in [-0.3, -0.25) is 9.59 Å². The standard InChI is InChI=1S/C19H21FN2O2/c20-16-9-7-14(8-10-16)5-6-15-3-2-12-22(13-15)19(24)17-4-1-11-21-18(17)23/h1,4,7-11,15H,2-3,5-6,12-13H2,(H,21,23)/t15-/m1/s1. The summed E-state index contributed by atoms with van der Waals surface area (Å²) in [5, 5.41) is 0. The van der Waals surface area contributed by atoms with Crippen LogP contribution in [-0.4, -0.2) is 28.9 Å². The number of carbonyl (C=O) groups is 1. The van der Waals surface area contributed by atoms with Crippen molar-refractivity contribution in [1.82, 2.24) is 9.88 Å². The Kier molecular flexibility index (Phi) is 5.08. The van der Waals surface area contributed by atoms with E-state index in [2.05, 4.69) is 4.98 Å². The number of likely N-dealkylation sites (tertiary alicyclic amines) is 1. The van der Waals surface area contributed by atoms with Crippen molar-refractivity contribution in [2.24, 2.45) is 5.92 Å². The van der Waals surface area contributed by atoms with Gasteiger partial charge in [0.25, 0.3) is 11.5 Å². The number of aryl methyl sites for hydroxylation is 1. The summed E-state index contributed by atoms with van der Waals surface area (Å²) in [6.07, 6.45) is 5.39. The van der Waals surface area contributed by atoms with Gasteiger partial charge in [-0.15, -0.1) is 0 Å². The first-order chi connectivity index (χ1) is 11.6. The van der Waals surface area contributed by atoms with Crippen LogP contribution < -0.4 is 5.56 Å². The average Bonchev–Trinajstić information content (AvgIpc) is 2.61. The molecule has 0 radical (unpaired) electrons. The van der Waals surface area contributed by atoms with Crippen molar-refractivity contribution in [2.45, 2.75) is 25.7 Å². The second-order valence-electron chi connectivity index (χ2n) is 6.34. The van der Waals surface area contributed by atoms with Crippen molar-refractivity contribution in [1.29, 1.82) is 0 Å². The van der Waals surface area contributed by atoms with E-state index >= 15 is 0 Å². The summed E-state index contributed by atoms with van der Waals surface area (Å²) in [5.74, 6) is 0.000139. The molecule has 0 unspecified atom stereocenters. The summed E-state index contributed by atoms with van der Waals surface area (Å²) >= 11 is 0. The Morgan fingerprint density at radius 2 is 2.04 bits per heavy atom. The topological polar surface area (TPSA) is 53.2 Å². The number of benzene rings is 1. The molecule has 126 valence electrons. The van der Waals surface area contributed by atoms with Gasteiger partial charge in [0, 0.05) is 19.3 Å². The van der Waals surface area contributed by atoms with Crippen LogP contribution in [0.1, 0.15) is 35.2 Å². The third-order valence-corrected chi connectivity index (χ3v) is 4.61. The molecule has 1 fully saturated rings. The monoisotopic (exact) mass is 328 g/mol. The predicted molar refractivity (Wildman–Crippen MR) is 90.4 cm³/mol. The zero-order chi connectivity index (χ0) is 16.9. The van der Waals surface area contributed by atoms with Crippen molar-refractivity contribution in [3.63, 3.8) is 0 Å². The third-order valence-electron chi connectivity index (χ3n) is 4.61. The Hall–Kier alpha value is -2.43. The van der Waals surface area contributed by atoms with Crippen LogP contribution in [-0.2, 0) is 6.42 Å². The maximum Gasteiger partial charge on any atom is 0.260 e. The fraction of sp³-hybridized carbons (Fsp3) is 0.368. The number of hydrogen-bond acceptors (Lipinski definition) is 2. The number of aromatic nitrogens is 1. The molecule has 0 spiro atoms. The quantitative estimate of drug-likeness (QED) is 0.938. The summed E-state index contributed by atoms with van der Waals surface area (Å²) < 4.78 is 12.9. The molecule has 0 bridgehead atoms. The van der Waals surface area contributed by atoms with E-state index in [1.807, 2.05) is 12.1 Å². The van der Waals surface area contributed by atoms with Gasteiger partial charge in [0.2, 0.25) is 0 Å². The number of nitrogens with one attached hydrogen (secondary N) is 1. The van der Waals surface area contributed by atoms with Crippen LogP contribution in [0, 0.1) is 11.7 Å². The molecular weight excluding hydrogens is 307 g/mol. The lowest BCUT2D eigenvalue weighted by molar-refractivity contribution is 0.0666. The summed E-state index contributed by atoms with van der Waals surface area (Å²) in [6.45, 7) is 1.37. The fourth-order valence-electron chi connectivity index (χ4n) is 3.27. The second kappa shape index (κ2) is 7.43. The first kappa shape index (κ1) is 16.4. The summed E-state index contributed by atoms with van der Waals surface area (Å²) in [4.78, 5) is 28.7. The van der Waals surface area contributed by atoms with E-state index in [4.69, 9.17) is 0 Å². The van der Waals surface area contributed by atoms with Gasteiger partial charge in [-0.25, -0.2) is 4.39 Å². The Morgan fingerprint density at radius 3 is 2.79 bits per heavy atom. The van der Waals surface area contributed by atoms with E-state index in [0.29, 0.717) is 19.0 Å². The zero-order valence-corrected chi connectivity index (χ0v) is 13.5. The summed E-state index contributed by atoms with van der Waals surface area (Å²) in [6, 6.07) is 9.82. The number of carbonyl (C=O) groups excluding carboxylic acids is 1. The molecule has 1 saturated heterocycles. The maximum atomic E-state index is 12.9.